The molecule has 3 heterocycles. The highest BCUT2D eigenvalue weighted by Crippen LogP contribution is 2.35. The number of benzene rings is 1. The molecule has 0 spiro atoms. The zero-order valence-corrected chi connectivity index (χ0v) is 14.1. The van der Waals surface area contributed by atoms with Crippen LogP contribution in [0.2, 0.25) is 0 Å². The van der Waals surface area contributed by atoms with Crippen LogP contribution in [0.25, 0.3) is 5.69 Å². The number of carbonyl (C=O) groups excluding carboxylic acids is 1. The van der Waals surface area contributed by atoms with E-state index in [1.54, 1.807) is 28.0 Å². The molecule has 1 atom stereocenters. The Kier molecular flexibility index (Phi) is 3.72. The molecule has 4 rings (SSSR count). The van der Waals surface area contributed by atoms with Crippen molar-refractivity contribution < 1.29 is 9.53 Å². The molecule has 0 aliphatic carbocycles. The van der Waals surface area contributed by atoms with Crippen molar-refractivity contribution in [2.24, 2.45) is 0 Å². The molecular weight excluding hydrogens is 316 g/mol. The maximum absolute atomic E-state index is 13.1. The molecule has 1 aliphatic rings. The van der Waals surface area contributed by atoms with E-state index in [2.05, 4.69) is 10.1 Å². The van der Waals surface area contributed by atoms with Gasteiger partial charge in [0.15, 0.2) is 0 Å². The van der Waals surface area contributed by atoms with Gasteiger partial charge in [0.05, 0.1) is 17.9 Å². The Labute approximate surface area is 145 Å². The third kappa shape index (κ3) is 2.87. The summed E-state index contributed by atoms with van der Waals surface area (Å²) in [5, 5.41) is 4.20. The third-order valence-corrected chi connectivity index (χ3v) is 4.15. The zero-order chi connectivity index (χ0) is 17.4. The molecule has 0 unspecified atom stereocenters. The predicted octanol–water partition coefficient (Wildman–Crippen LogP) is 3.00. The number of nitrogens with zero attached hydrogens (tertiary/aromatic N) is 4. The van der Waals surface area contributed by atoms with Crippen LogP contribution >= 0.6 is 0 Å². The van der Waals surface area contributed by atoms with Gasteiger partial charge < -0.3 is 4.74 Å². The van der Waals surface area contributed by atoms with Crippen molar-refractivity contribution >= 4 is 11.6 Å². The van der Waals surface area contributed by atoms with E-state index < -0.39 is 0 Å². The Morgan fingerprint density at radius 1 is 1.24 bits per heavy atom. The fraction of sp³-hybridized carbons (Fsp3) is 0.211. The number of rotatable bonds is 2. The maximum atomic E-state index is 13.1. The number of ether oxygens (including phenoxy) is 1. The highest BCUT2D eigenvalue weighted by Gasteiger charge is 2.29. The maximum Gasteiger partial charge on any atom is 0.277 e. The largest absolute Gasteiger partial charge is 0.487 e. The van der Waals surface area contributed by atoms with Crippen molar-refractivity contribution in [3.8, 4) is 11.4 Å². The van der Waals surface area contributed by atoms with Crippen LogP contribution in [0.5, 0.6) is 5.75 Å². The SMILES string of the molecule is Cc1ccc2c(c1)O[C@@H](C)CN2C(=O)c1cc(-n2cccn2)ccn1. The Morgan fingerprint density at radius 3 is 2.92 bits per heavy atom. The van der Waals surface area contributed by atoms with Crippen LogP contribution in [0.3, 0.4) is 0 Å². The quantitative estimate of drug-likeness (QED) is 0.723. The number of amides is 1. The molecule has 1 aliphatic heterocycles. The third-order valence-electron chi connectivity index (χ3n) is 4.15. The second-order valence-corrected chi connectivity index (χ2v) is 6.17. The van der Waals surface area contributed by atoms with Crippen LogP contribution in [0, 0.1) is 6.92 Å². The van der Waals surface area contributed by atoms with Gasteiger partial charge in [0.2, 0.25) is 0 Å². The van der Waals surface area contributed by atoms with E-state index >= 15 is 0 Å². The molecule has 126 valence electrons. The minimum Gasteiger partial charge on any atom is -0.487 e. The minimum atomic E-state index is -0.144. The molecule has 0 bridgehead atoms. The van der Waals surface area contributed by atoms with Gasteiger partial charge in [0.1, 0.15) is 17.5 Å². The van der Waals surface area contributed by atoms with Crippen LogP contribution in [0.1, 0.15) is 23.0 Å². The molecule has 1 aromatic carbocycles. The van der Waals surface area contributed by atoms with Gasteiger partial charge in [0.25, 0.3) is 5.91 Å². The van der Waals surface area contributed by atoms with Crippen LogP contribution in [-0.2, 0) is 0 Å². The van der Waals surface area contributed by atoms with Gasteiger partial charge >= 0.3 is 0 Å². The predicted molar refractivity (Wildman–Crippen MR) is 94.3 cm³/mol. The fourth-order valence-corrected chi connectivity index (χ4v) is 2.98. The van der Waals surface area contributed by atoms with Gasteiger partial charge in [-0.3, -0.25) is 14.7 Å². The van der Waals surface area contributed by atoms with Crippen LogP contribution in [0.4, 0.5) is 5.69 Å². The fourth-order valence-electron chi connectivity index (χ4n) is 2.98. The topological polar surface area (TPSA) is 60.2 Å². The molecule has 6 nitrogen and oxygen atoms in total. The standard InChI is InChI=1S/C19H18N4O2/c1-13-4-5-17-18(10-13)25-14(2)12-22(17)19(24)16-11-15(6-8-20-16)23-9-3-7-21-23/h3-11,14H,12H2,1-2H3/t14-/m0/s1. The summed E-state index contributed by atoms with van der Waals surface area (Å²) in [6, 6.07) is 11.3. The number of carbonyl (C=O) groups is 1. The van der Waals surface area contributed by atoms with Crippen LogP contribution < -0.4 is 9.64 Å². The zero-order valence-electron chi connectivity index (χ0n) is 14.1. The van der Waals surface area contributed by atoms with Crippen LogP contribution in [0.15, 0.2) is 55.0 Å². The van der Waals surface area contributed by atoms with Gasteiger partial charge in [-0.25, -0.2) is 4.68 Å². The summed E-state index contributed by atoms with van der Waals surface area (Å²) in [5.41, 5.74) is 3.06. The van der Waals surface area contributed by atoms with Gasteiger partial charge in [-0.2, -0.15) is 5.10 Å². The lowest BCUT2D eigenvalue weighted by Gasteiger charge is -2.33. The molecule has 2 aromatic heterocycles. The van der Waals surface area contributed by atoms with E-state index in [-0.39, 0.29) is 12.0 Å². The molecule has 6 heteroatoms. The molecule has 25 heavy (non-hydrogen) atoms. The number of anilines is 1. The van der Waals surface area contributed by atoms with Crippen molar-refractivity contribution in [3.63, 3.8) is 0 Å². The van der Waals surface area contributed by atoms with Gasteiger partial charge in [-0.15, -0.1) is 0 Å². The lowest BCUT2D eigenvalue weighted by molar-refractivity contribution is 0.0956. The molecule has 0 saturated heterocycles. The monoisotopic (exact) mass is 334 g/mol. The van der Waals surface area contributed by atoms with Crippen LogP contribution in [-0.4, -0.2) is 33.3 Å². The van der Waals surface area contributed by atoms with E-state index in [9.17, 15) is 4.79 Å². The first-order valence-corrected chi connectivity index (χ1v) is 8.17. The lowest BCUT2D eigenvalue weighted by Crippen LogP contribution is -2.42. The Morgan fingerprint density at radius 2 is 2.12 bits per heavy atom. The molecule has 0 fully saturated rings. The second kappa shape index (κ2) is 6.05. The average molecular weight is 334 g/mol. The first-order chi connectivity index (χ1) is 12.1. The molecule has 0 saturated carbocycles. The van der Waals surface area contributed by atoms with Crippen molar-refractivity contribution in [1.82, 2.24) is 14.8 Å². The second-order valence-electron chi connectivity index (χ2n) is 6.17. The normalized spacial score (nSPS) is 16.2. The molecule has 1 amide bonds. The number of fused-ring (bicyclic) bond motifs is 1. The van der Waals surface area contributed by atoms with Crippen molar-refractivity contribution in [2.75, 3.05) is 11.4 Å². The first-order valence-electron chi connectivity index (χ1n) is 8.17. The molecule has 3 aromatic rings. The van der Waals surface area contributed by atoms with Crippen molar-refractivity contribution in [2.45, 2.75) is 20.0 Å². The highest BCUT2D eigenvalue weighted by atomic mass is 16.5. The summed E-state index contributed by atoms with van der Waals surface area (Å²) in [5.74, 6) is 0.588. The van der Waals surface area contributed by atoms with E-state index in [4.69, 9.17) is 4.74 Å². The Bertz CT molecular complexity index is 921. The smallest absolute Gasteiger partial charge is 0.277 e. The molecular formula is C19H18N4O2. The van der Waals surface area contributed by atoms with Crippen molar-refractivity contribution in [1.29, 1.82) is 0 Å². The number of hydrogen-bond acceptors (Lipinski definition) is 4. The lowest BCUT2D eigenvalue weighted by atomic mass is 10.1. The van der Waals surface area contributed by atoms with E-state index in [0.717, 1.165) is 22.7 Å². The van der Waals surface area contributed by atoms with Gasteiger partial charge in [-0.1, -0.05) is 6.07 Å². The van der Waals surface area contributed by atoms with Gasteiger partial charge in [0, 0.05) is 18.6 Å². The number of pyridine rings is 1. The number of aryl methyl sites for hydroxylation is 1. The average Bonchev–Trinajstić information content (AvgIpc) is 3.15. The Balaban J connectivity index is 1.71. The number of aromatic nitrogens is 3. The first kappa shape index (κ1) is 15.4. The molecule has 0 N–H and O–H groups in total. The summed E-state index contributed by atoms with van der Waals surface area (Å²) < 4.78 is 7.59. The van der Waals surface area contributed by atoms with E-state index in [1.165, 1.54) is 0 Å². The number of hydrogen-bond donors (Lipinski definition) is 0. The summed E-state index contributed by atoms with van der Waals surface area (Å²) >= 11 is 0. The highest BCUT2D eigenvalue weighted by molar-refractivity contribution is 6.06. The summed E-state index contributed by atoms with van der Waals surface area (Å²) in [6.45, 7) is 4.45. The van der Waals surface area contributed by atoms with Gasteiger partial charge in [-0.05, 0) is 49.7 Å². The summed E-state index contributed by atoms with van der Waals surface area (Å²) in [7, 11) is 0. The summed E-state index contributed by atoms with van der Waals surface area (Å²) in [4.78, 5) is 19.1. The van der Waals surface area contributed by atoms with E-state index in [0.29, 0.717) is 12.2 Å². The van der Waals surface area contributed by atoms with Crippen molar-refractivity contribution in [3.05, 3.63) is 66.2 Å². The molecule has 0 radical (unpaired) electrons. The van der Waals surface area contributed by atoms with E-state index in [1.807, 2.05) is 50.4 Å². The summed E-state index contributed by atoms with van der Waals surface area (Å²) in [6.07, 6.45) is 5.08. The Hall–Kier alpha value is -3.15. The minimum absolute atomic E-state index is 0.0763.